The van der Waals surface area contributed by atoms with Gasteiger partial charge in [-0.2, -0.15) is 0 Å². The molecule has 20 heavy (non-hydrogen) atoms. The van der Waals surface area contributed by atoms with E-state index in [4.69, 9.17) is 15.9 Å². The lowest BCUT2D eigenvalue weighted by Crippen LogP contribution is -2.12. The SMILES string of the molecule is Cc1ccccc1C(=O)Oc1ccc(C(=N)N)cc1.Cl. The maximum Gasteiger partial charge on any atom is 0.343 e. The van der Waals surface area contributed by atoms with Crippen LogP contribution in [-0.4, -0.2) is 11.8 Å². The Kier molecular flexibility index (Phi) is 5.29. The lowest BCUT2D eigenvalue weighted by molar-refractivity contribution is 0.0734. The van der Waals surface area contributed by atoms with Gasteiger partial charge in [0, 0.05) is 5.56 Å². The number of rotatable bonds is 3. The van der Waals surface area contributed by atoms with Crippen molar-refractivity contribution in [2.45, 2.75) is 6.92 Å². The first-order valence-electron chi connectivity index (χ1n) is 5.80. The van der Waals surface area contributed by atoms with Crippen LogP contribution in [0.15, 0.2) is 48.5 Å². The van der Waals surface area contributed by atoms with Gasteiger partial charge in [-0.1, -0.05) is 18.2 Å². The van der Waals surface area contributed by atoms with Crippen LogP contribution in [0.25, 0.3) is 0 Å². The Balaban J connectivity index is 0.00000200. The normalized spacial score (nSPS) is 9.45. The molecule has 0 atom stereocenters. The fourth-order valence-electron chi connectivity index (χ4n) is 1.67. The Labute approximate surface area is 123 Å². The van der Waals surface area contributed by atoms with Crippen molar-refractivity contribution in [2.75, 3.05) is 0 Å². The molecule has 0 heterocycles. The monoisotopic (exact) mass is 290 g/mol. The first kappa shape index (κ1) is 15.7. The van der Waals surface area contributed by atoms with Gasteiger partial charge in [-0.3, -0.25) is 5.41 Å². The number of nitrogens with one attached hydrogen (secondary N) is 1. The zero-order valence-electron chi connectivity index (χ0n) is 10.9. The van der Waals surface area contributed by atoms with E-state index in [-0.39, 0.29) is 18.2 Å². The van der Waals surface area contributed by atoms with E-state index in [0.717, 1.165) is 5.56 Å². The summed E-state index contributed by atoms with van der Waals surface area (Å²) in [6, 6.07) is 13.8. The van der Waals surface area contributed by atoms with Crippen molar-refractivity contribution in [1.29, 1.82) is 5.41 Å². The molecular weight excluding hydrogens is 276 g/mol. The Morgan fingerprint density at radius 2 is 1.70 bits per heavy atom. The second-order valence-corrected chi connectivity index (χ2v) is 4.14. The average Bonchev–Trinajstić information content (AvgIpc) is 2.39. The van der Waals surface area contributed by atoms with E-state index >= 15 is 0 Å². The number of nitrogen functional groups attached to an aromatic ring is 1. The van der Waals surface area contributed by atoms with Gasteiger partial charge >= 0.3 is 5.97 Å². The van der Waals surface area contributed by atoms with Crippen LogP contribution in [0.3, 0.4) is 0 Å². The molecule has 0 radical (unpaired) electrons. The topological polar surface area (TPSA) is 76.2 Å². The molecule has 3 N–H and O–H groups in total. The number of hydrogen-bond acceptors (Lipinski definition) is 3. The Hall–Kier alpha value is -2.33. The number of halogens is 1. The summed E-state index contributed by atoms with van der Waals surface area (Å²) in [5.41, 5.74) is 7.35. The van der Waals surface area contributed by atoms with Gasteiger partial charge < -0.3 is 10.5 Å². The van der Waals surface area contributed by atoms with Gasteiger partial charge in [0.2, 0.25) is 0 Å². The average molecular weight is 291 g/mol. The van der Waals surface area contributed by atoms with E-state index in [1.165, 1.54) is 0 Å². The number of hydrogen-bond donors (Lipinski definition) is 2. The van der Waals surface area contributed by atoms with Crippen LogP contribution in [0.2, 0.25) is 0 Å². The summed E-state index contributed by atoms with van der Waals surface area (Å²) in [7, 11) is 0. The molecule has 0 aliphatic heterocycles. The highest BCUT2D eigenvalue weighted by atomic mass is 35.5. The molecule has 0 saturated heterocycles. The molecule has 0 aromatic heterocycles. The van der Waals surface area contributed by atoms with Crippen LogP contribution >= 0.6 is 12.4 Å². The van der Waals surface area contributed by atoms with E-state index in [9.17, 15) is 4.79 Å². The lowest BCUT2D eigenvalue weighted by atomic mass is 10.1. The minimum atomic E-state index is -0.395. The quantitative estimate of drug-likeness (QED) is 0.395. The Bertz CT molecular complexity index is 624. The standard InChI is InChI=1S/C15H14N2O2.ClH/c1-10-4-2-3-5-13(10)15(18)19-12-8-6-11(7-9-12)14(16)17;/h2-9H,1H3,(H3,16,17);1H. The Morgan fingerprint density at radius 1 is 1.10 bits per heavy atom. The van der Waals surface area contributed by atoms with Crippen molar-refractivity contribution in [3.05, 3.63) is 65.2 Å². The number of benzene rings is 2. The van der Waals surface area contributed by atoms with Crippen molar-refractivity contribution >= 4 is 24.2 Å². The molecule has 104 valence electrons. The van der Waals surface area contributed by atoms with Gasteiger partial charge in [0.25, 0.3) is 0 Å². The van der Waals surface area contributed by atoms with Crippen molar-refractivity contribution in [3.63, 3.8) is 0 Å². The maximum absolute atomic E-state index is 12.0. The third kappa shape index (κ3) is 3.59. The molecule has 2 rings (SSSR count). The molecule has 2 aromatic rings. The Morgan fingerprint density at radius 3 is 2.25 bits per heavy atom. The van der Waals surface area contributed by atoms with Crippen molar-refractivity contribution < 1.29 is 9.53 Å². The summed E-state index contributed by atoms with van der Waals surface area (Å²) in [5.74, 6) is 0.0173. The number of esters is 1. The first-order valence-corrected chi connectivity index (χ1v) is 5.80. The summed E-state index contributed by atoms with van der Waals surface area (Å²) in [4.78, 5) is 12.0. The molecule has 0 fully saturated rings. The van der Waals surface area contributed by atoms with Crippen molar-refractivity contribution in [2.24, 2.45) is 5.73 Å². The minimum absolute atomic E-state index is 0. The molecule has 0 amide bonds. The van der Waals surface area contributed by atoms with Crippen LogP contribution in [0.1, 0.15) is 21.5 Å². The number of amidine groups is 1. The molecule has 5 heteroatoms. The molecule has 0 unspecified atom stereocenters. The second kappa shape index (κ2) is 6.73. The van der Waals surface area contributed by atoms with Gasteiger partial charge in [-0.05, 0) is 42.8 Å². The van der Waals surface area contributed by atoms with Gasteiger partial charge in [-0.25, -0.2) is 4.79 Å². The van der Waals surface area contributed by atoms with Crippen LogP contribution in [0.5, 0.6) is 5.75 Å². The van der Waals surface area contributed by atoms with E-state index < -0.39 is 5.97 Å². The van der Waals surface area contributed by atoms with Gasteiger partial charge in [0.15, 0.2) is 0 Å². The maximum atomic E-state index is 12.0. The van der Waals surface area contributed by atoms with Crippen LogP contribution in [-0.2, 0) is 0 Å². The van der Waals surface area contributed by atoms with E-state index in [0.29, 0.717) is 16.9 Å². The molecule has 2 aromatic carbocycles. The molecule has 0 spiro atoms. The van der Waals surface area contributed by atoms with Crippen molar-refractivity contribution in [1.82, 2.24) is 0 Å². The number of carbonyl (C=O) groups is 1. The van der Waals surface area contributed by atoms with Gasteiger partial charge in [0.1, 0.15) is 11.6 Å². The number of ether oxygens (including phenoxy) is 1. The van der Waals surface area contributed by atoms with E-state index in [1.807, 2.05) is 19.1 Å². The number of aryl methyl sites for hydroxylation is 1. The van der Waals surface area contributed by atoms with Gasteiger partial charge in [-0.15, -0.1) is 12.4 Å². The molecule has 0 aliphatic carbocycles. The third-order valence-electron chi connectivity index (χ3n) is 2.74. The van der Waals surface area contributed by atoms with Crippen molar-refractivity contribution in [3.8, 4) is 5.75 Å². The van der Waals surface area contributed by atoms with E-state index in [1.54, 1.807) is 36.4 Å². The number of nitrogens with two attached hydrogens (primary N) is 1. The summed E-state index contributed by atoms with van der Waals surface area (Å²) in [6.45, 7) is 1.86. The predicted octanol–water partition coefficient (Wildman–Crippen LogP) is 2.92. The molecular formula is C15H15ClN2O2. The zero-order valence-corrected chi connectivity index (χ0v) is 11.7. The molecule has 0 aliphatic rings. The van der Waals surface area contributed by atoms with Gasteiger partial charge in [0.05, 0.1) is 5.56 Å². The second-order valence-electron chi connectivity index (χ2n) is 4.14. The largest absolute Gasteiger partial charge is 0.423 e. The fraction of sp³-hybridized carbons (Fsp3) is 0.0667. The van der Waals surface area contributed by atoms with Crippen LogP contribution in [0, 0.1) is 12.3 Å². The minimum Gasteiger partial charge on any atom is -0.423 e. The highest BCUT2D eigenvalue weighted by Crippen LogP contribution is 2.15. The van der Waals surface area contributed by atoms with Crippen LogP contribution in [0.4, 0.5) is 0 Å². The highest BCUT2D eigenvalue weighted by molar-refractivity contribution is 5.95. The smallest absolute Gasteiger partial charge is 0.343 e. The van der Waals surface area contributed by atoms with Crippen LogP contribution < -0.4 is 10.5 Å². The first-order chi connectivity index (χ1) is 9.08. The molecule has 4 nitrogen and oxygen atoms in total. The highest BCUT2D eigenvalue weighted by Gasteiger charge is 2.10. The van der Waals surface area contributed by atoms with E-state index in [2.05, 4.69) is 0 Å². The summed E-state index contributed by atoms with van der Waals surface area (Å²) in [6.07, 6.45) is 0. The predicted molar refractivity (Wildman–Crippen MR) is 80.8 cm³/mol. The zero-order chi connectivity index (χ0) is 13.8. The fourth-order valence-corrected chi connectivity index (χ4v) is 1.67. The molecule has 0 bridgehead atoms. The summed E-state index contributed by atoms with van der Waals surface area (Å²) >= 11 is 0. The third-order valence-corrected chi connectivity index (χ3v) is 2.74. The summed E-state index contributed by atoms with van der Waals surface area (Å²) < 4.78 is 5.27. The summed E-state index contributed by atoms with van der Waals surface area (Å²) in [5, 5.41) is 7.28. The number of carbonyl (C=O) groups excluding carboxylic acids is 1. The lowest BCUT2D eigenvalue weighted by Gasteiger charge is -2.07. The molecule has 0 saturated carbocycles.